The Morgan fingerprint density at radius 2 is 2.08 bits per heavy atom. The first-order valence-electron chi connectivity index (χ1n) is 8.48. The van der Waals surface area contributed by atoms with E-state index in [0.717, 1.165) is 11.3 Å². The van der Waals surface area contributed by atoms with Gasteiger partial charge in [-0.15, -0.1) is 12.4 Å². The number of hydrogen-bond acceptors (Lipinski definition) is 4. The maximum Gasteiger partial charge on any atom is 0.241 e. The van der Waals surface area contributed by atoms with E-state index in [1.54, 1.807) is 17.9 Å². The number of ether oxygens (including phenoxy) is 1. The van der Waals surface area contributed by atoms with Crippen LogP contribution < -0.4 is 15.4 Å². The van der Waals surface area contributed by atoms with Crippen LogP contribution in [-0.2, 0) is 17.3 Å². The van der Waals surface area contributed by atoms with Gasteiger partial charge in [-0.3, -0.25) is 9.48 Å². The minimum atomic E-state index is -0.419. The Morgan fingerprint density at radius 1 is 1.35 bits per heavy atom. The van der Waals surface area contributed by atoms with Crippen LogP contribution in [0.2, 0.25) is 0 Å². The van der Waals surface area contributed by atoms with Crippen molar-refractivity contribution in [2.75, 3.05) is 20.2 Å². The van der Waals surface area contributed by atoms with Crippen molar-refractivity contribution in [2.45, 2.75) is 32.2 Å². The van der Waals surface area contributed by atoms with Crippen molar-refractivity contribution in [3.8, 4) is 5.75 Å². The van der Waals surface area contributed by atoms with Crippen LogP contribution in [0.3, 0.4) is 0 Å². The molecule has 6 nitrogen and oxygen atoms in total. The average molecular weight is 381 g/mol. The monoisotopic (exact) mass is 380 g/mol. The highest BCUT2D eigenvalue weighted by Gasteiger charge is 2.19. The number of aromatic nitrogens is 2. The minimum Gasteiger partial charge on any atom is -0.492 e. The first-order valence-corrected chi connectivity index (χ1v) is 8.48. The fourth-order valence-electron chi connectivity index (χ4n) is 2.54. The van der Waals surface area contributed by atoms with Gasteiger partial charge >= 0.3 is 0 Å². The van der Waals surface area contributed by atoms with Crippen molar-refractivity contribution >= 4 is 18.3 Å². The van der Waals surface area contributed by atoms with Gasteiger partial charge in [-0.2, -0.15) is 5.10 Å². The summed E-state index contributed by atoms with van der Waals surface area (Å²) in [4.78, 5) is 12.3. The zero-order chi connectivity index (χ0) is 18.4. The number of benzene rings is 1. The quantitative estimate of drug-likeness (QED) is 0.724. The molecule has 2 N–H and O–H groups in total. The zero-order valence-electron chi connectivity index (χ0n) is 16.1. The van der Waals surface area contributed by atoms with Crippen molar-refractivity contribution in [3.63, 3.8) is 0 Å². The lowest BCUT2D eigenvalue weighted by Crippen LogP contribution is -2.37. The molecule has 1 atom stereocenters. The molecule has 1 aromatic carbocycles. The van der Waals surface area contributed by atoms with E-state index in [2.05, 4.69) is 42.6 Å². The number of carbonyl (C=O) groups excluding carboxylic acids is 1. The molecule has 26 heavy (non-hydrogen) atoms. The summed E-state index contributed by atoms with van der Waals surface area (Å²) >= 11 is 0. The first-order chi connectivity index (χ1) is 11.8. The van der Waals surface area contributed by atoms with Gasteiger partial charge in [-0.05, 0) is 30.2 Å². The summed E-state index contributed by atoms with van der Waals surface area (Å²) in [7, 11) is 3.58. The first kappa shape index (κ1) is 22.0. The summed E-state index contributed by atoms with van der Waals surface area (Å²) in [5.74, 6) is 0.724. The number of nitrogens with one attached hydrogen (secondary N) is 2. The summed E-state index contributed by atoms with van der Waals surface area (Å²) in [6.45, 7) is 7.37. The fraction of sp³-hybridized carbons (Fsp3) is 0.474. The van der Waals surface area contributed by atoms with Gasteiger partial charge in [0.15, 0.2) is 0 Å². The molecule has 144 valence electrons. The van der Waals surface area contributed by atoms with Crippen molar-refractivity contribution in [1.82, 2.24) is 20.4 Å². The van der Waals surface area contributed by atoms with Crippen LogP contribution in [-0.4, -0.2) is 35.9 Å². The zero-order valence-corrected chi connectivity index (χ0v) is 16.9. The molecular formula is C19H29ClN4O2. The topological polar surface area (TPSA) is 68.2 Å². The second kappa shape index (κ2) is 9.59. The Hall–Kier alpha value is -2.05. The molecule has 0 spiro atoms. The molecule has 2 rings (SSSR count). The predicted octanol–water partition coefficient (Wildman–Crippen LogP) is 2.60. The van der Waals surface area contributed by atoms with Crippen LogP contribution >= 0.6 is 12.4 Å². The molecule has 0 saturated heterocycles. The van der Waals surface area contributed by atoms with Gasteiger partial charge in [0, 0.05) is 18.8 Å². The number of rotatable bonds is 7. The SMILES string of the molecule is CNC(C(=O)NCCOc1cccc(C(C)(C)C)c1)c1cnn(C)c1.Cl. The predicted molar refractivity (Wildman–Crippen MR) is 106 cm³/mol. The van der Waals surface area contributed by atoms with Gasteiger partial charge in [-0.25, -0.2) is 0 Å². The summed E-state index contributed by atoms with van der Waals surface area (Å²) < 4.78 is 7.44. The van der Waals surface area contributed by atoms with E-state index >= 15 is 0 Å². The van der Waals surface area contributed by atoms with Crippen LogP contribution in [0, 0.1) is 0 Å². The van der Waals surface area contributed by atoms with E-state index in [1.807, 2.05) is 31.4 Å². The van der Waals surface area contributed by atoms with Crippen LogP contribution in [0.25, 0.3) is 0 Å². The molecule has 0 saturated carbocycles. The number of hydrogen-bond donors (Lipinski definition) is 2. The van der Waals surface area contributed by atoms with E-state index in [1.165, 1.54) is 5.56 Å². The van der Waals surface area contributed by atoms with Crippen molar-refractivity contribution in [3.05, 3.63) is 47.8 Å². The number of likely N-dealkylation sites (N-methyl/N-ethyl adjacent to an activating group) is 1. The fourth-order valence-corrected chi connectivity index (χ4v) is 2.54. The largest absolute Gasteiger partial charge is 0.492 e. The van der Waals surface area contributed by atoms with Crippen LogP contribution in [0.1, 0.15) is 37.9 Å². The molecule has 0 fully saturated rings. The molecule has 0 aliphatic heterocycles. The second-order valence-corrected chi connectivity index (χ2v) is 7.09. The van der Waals surface area contributed by atoms with Gasteiger partial charge in [0.25, 0.3) is 0 Å². The average Bonchev–Trinajstić information content (AvgIpc) is 2.98. The molecule has 1 unspecified atom stereocenters. The van der Waals surface area contributed by atoms with Gasteiger partial charge in [0.2, 0.25) is 5.91 Å². The van der Waals surface area contributed by atoms with Gasteiger partial charge in [0.1, 0.15) is 18.4 Å². The Kier molecular flexibility index (Phi) is 8.11. The molecule has 1 heterocycles. The highest BCUT2D eigenvalue weighted by molar-refractivity contribution is 5.85. The van der Waals surface area contributed by atoms with Gasteiger partial charge in [0.05, 0.1) is 12.7 Å². The van der Waals surface area contributed by atoms with Crippen LogP contribution in [0.5, 0.6) is 5.75 Å². The smallest absolute Gasteiger partial charge is 0.241 e. The van der Waals surface area contributed by atoms with E-state index in [4.69, 9.17) is 4.74 Å². The molecule has 7 heteroatoms. The minimum absolute atomic E-state index is 0. The standard InChI is InChI=1S/C19H28N4O2.ClH/c1-19(2,3)15-7-6-8-16(11-15)25-10-9-21-18(24)17(20-4)14-12-22-23(5)13-14;/h6-8,11-13,17,20H,9-10H2,1-5H3,(H,21,24);1H. The number of carbonyl (C=O) groups is 1. The van der Waals surface area contributed by atoms with Crippen molar-refractivity contribution in [1.29, 1.82) is 0 Å². The summed E-state index contributed by atoms with van der Waals surface area (Å²) in [5, 5.41) is 10.0. The summed E-state index contributed by atoms with van der Waals surface area (Å²) in [6.07, 6.45) is 3.52. The Balaban J connectivity index is 0.00000338. The van der Waals surface area contributed by atoms with Gasteiger partial charge < -0.3 is 15.4 Å². The number of aryl methyl sites for hydroxylation is 1. The number of nitrogens with zero attached hydrogens (tertiary/aromatic N) is 2. The third-order valence-corrected chi connectivity index (χ3v) is 3.98. The molecule has 0 aliphatic carbocycles. The third-order valence-electron chi connectivity index (χ3n) is 3.98. The van der Waals surface area contributed by atoms with Crippen molar-refractivity contribution in [2.24, 2.45) is 7.05 Å². The lowest BCUT2D eigenvalue weighted by atomic mass is 9.87. The van der Waals surface area contributed by atoms with Crippen LogP contribution in [0.4, 0.5) is 0 Å². The van der Waals surface area contributed by atoms with E-state index in [-0.39, 0.29) is 23.7 Å². The number of halogens is 1. The molecule has 1 aromatic heterocycles. The molecular weight excluding hydrogens is 352 g/mol. The highest BCUT2D eigenvalue weighted by atomic mass is 35.5. The van der Waals surface area contributed by atoms with Gasteiger partial charge in [-0.1, -0.05) is 32.9 Å². The Labute approximate surface area is 161 Å². The lowest BCUT2D eigenvalue weighted by Gasteiger charge is -2.20. The highest BCUT2D eigenvalue weighted by Crippen LogP contribution is 2.25. The number of amides is 1. The molecule has 2 aromatic rings. The van der Waals surface area contributed by atoms with E-state index < -0.39 is 6.04 Å². The maximum absolute atomic E-state index is 12.3. The third kappa shape index (κ3) is 6.04. The summed E-state index contributed by atoms with van der Waals surface area (Å²) in [5.41, 5.74) is 2.14. The maximum atomic E-state index is 12.3. The van der Waals surface area contributed by atoms with E-state index in [0.29, 0.717) is 13.2 Å². The lowest BCUT2D eigenvalue weighted by molar-refractivity contribution is -0.123. The second-order valence-electron chi connectivity index (χ2n) is 7.09. The summed E-state index contributed by atoms with van der Waals surface area (Å²) in [6, 6.07) is 7.66. The normalized spacial score (nSPS) is 12.2. The molecule has 0 aliphatic rings. The Morgan fingerprint density at radius 3 is 2.65 bits per heavy atom. The van der Waals surface area contributed by atoms with Crippen LogP contribution in [0.15, 0.2) is 36.7 Å². The van der Waals surface area contributed by atoms with E-state index in [9.17, 15) is 4.79 Å². The molecule has 0 bridgehead atoms. The molecule has 1 amide bonds. The van der Waals surface area contributed by atoms with Crippen molar-refractivity contribution < 1.29 is 9.53 Å². The molecule has 0 radical (unpaired) electrons. The Bertz CT molecular complexity index is 710.